The number of hydrogen-bond acceptors (Lipinski definition) is 3. The molecule has 0 saturated carbocycles. The molecule has 2 N–H and O–H groups in total. The molecule has 3 saturated heterocycles. The van der Waals surface area contributed by atoms with E-state index in [1.165, 1.54) is 71.4 Å². The fourth-order valence-corrected chi connectivity index (χ4v) is 4.28. The first-order valence-electron chi connectivity index (χ1n) is 8.47. The lowest BCUT2D eigenvalue weighted by atomic mass is 9.80. The Labute approximate surface area is 118 Å². The van der Waals surface area contributed by atoms with Crippen molar-refractivity contribution >= 4 is 0 Å². The van der Waals surface area contributed by atoms with Crippen LogP contribution in [0, 0.1) is 17.8 Å². The van der Waals surface area contributed by atoms with Crippen LogP contribution in [0.1, 0.15) is 39.0 Å². The minimum Gasteiger partial charge on any atom is -0.316 e. The van der Waals surface area contributed by atoms with Crippen LogP contribution in [0.25, 0.3) is 0 Å². The highest BCUT2D eigenvalue weighted by Gasteiger charge is 2.29. The van der Waals surface area contributed by atoms with E-state index in [2.05, 4.69) is 22.5 Å². The fourth-order valence-electron chi connectivity index (χ4n) is 4.28. The van der Waals surface area contributed by atoms with Crippen molar-refractivity contribution < 1.29 is 0 Å². The van der Waals surface area contributed by atoms with E-state index in [0.717, 1.165) is 23.8 Å². The predicted octanol–water partition coefficient (Wildman–Crippen LogP) is 1.70. The second-order valence-electron chi connectivity index (χ2n) is 7.20. The Morgan fingerprint density at radius 2 is 1.95 bits per heavy atom. The molecule has 3 heterocycles. The van der Waals surface area contributed by atoms with E-state index >= 15 is 0 Å². The summed E-state index contributed by atoms with van der Waals surface area (Å²) in [7, 11) is 0. The first-order chi connectivity index (χ1) is 9.31. The largest absolute Gasteiger partial charge is 0.316 e. The molecule has 1 unspecified atom stereocenters. The molecular weight excluding hydrogens is 234 g/mol. The topological polar surface area (TPSA) is 27.3 Å². The van der Waals surface area contributed by atoms with Crippen LogP contribution in [0.4, 0.5) is 0 Å². The molecule has 3 fully saturated rings. The Hall–Kier alpha value is -0.120. The average Bonchev–Trinajstić information content (AvgIpc) is 2.86. The number of nitrogens with zero attached hydrogens (tertiary/aromatic N) is 1. The molecule has 0 aromatic heterocycles. The van der Waals surface area contributed by atoms with Crippen LogP contribution in [-0.4, -0.2) is 50.2 Å². The highest BCUT2D eigenvalue weighted by Crippen LogP contribution is 2.27. The molecule has 0 aromatic rings. The van der Waals surface area contributed by atoms with Gasteiger partial charge >= 0.3 is 0 Å². The zero-order chi connectivity index (χ0) is 13.1. The first kappa shape index (κ1) is 13.8. The minimum atomic E-state index is 0.762. The van der Waals surface area contributed by atoms with Gasteiger partial charge in [0.15, 0.2) is 0 Å². The third kappa shape index (κ3) is 3.71. The number of hydrogen-bond donors (Lipinski definition) is 2. The zero-order valence-electron chi connectivity index (χ0n) is 12.5. The standard InChI is InChI=1S/C16H31N3/c1-13-6-8-19(11-13)12-16-5-4-15(10-18-16)14-3-2-7-17-9-14/h13-18H,2-12H2,1H3/t13-,14-,15?,16+/m1/s1. The van der Waals surface area contributed by atoms with Crippen LogP contribution in [0.5, 0.6) is 0 Å². The van der Waals surface area contributed by atoms with Crippen molar-refractivity contribution in [3.63, 3.8) is 0 Å². The number of piperidine rings is 2. The van der Waals surface area contributed by atoms with Gasteiger partial charge in [-0.1, -0.05) is 6.92 Å². The summed E-state index contributed by atoms with van der Waals surface area (Å²) in [5.41, 5.74) is 0. The molecule has 0 aliphatic carbocycles. The van der Waals surface area contributed by atoms with E-state index in [0.29, 0.717) is 0 Å². The summed E-state index contributed by atoms with van der Waals surface area (Å²) in [5.74, 6) is 2.79. The Balaban J connectivity index is 1.39. The number of likely N-dealkylation sites (tertiary alicyclic amines) is 1. The highest BCUT2D eigenvalue weighted by atomic mass is 15.2. The average molecular weight is 265 g/mol. The Kier molecular flexibility index (Phi) is 4.78. The van der Waals surface area contributed by atoms with Gasteiger partial charge in [-0.15, -0.1) is 0 Å². The first-order valence-corrected chi connectivity index (χ1v) is 8.47. The number of nitrogens with one attached hydrogen (secondary N) is 2. The summed E-state index contributed by atoms with van der Waals surface area (Å²) in [6.07, 6.45) is 7.09. The second kappa shape index (κ2) is 6.55. The van der Waals surface area contributed by atoms with Gasteiger partial charge in [0.2, 0.25) is 0 Å². The van der Waals surface area contributed by atoms with Gasteiger partial charge in [-0.2, -0.15) is 0 Å². The molecule has 0 aromatic carbocycles. The Morgan fingerprint density at radius 1 is 1.05 bits per heavy atom. The molecule has 110 valence electrons. The Bertz CT molecular complexity index is 267. The van der Waals surface area contributed by atoms with Crippen molar-refractivity contribution in [1.29, 1.82) is 0 Å². The molecule has 0 bridgehead atoms. The van der Waals surface area contributed by atoms with Gasteiger partial charge in [0.25, 0.3) is 0 Å². The van der Waals surface area contributed by atoms with Gasteiger partial charge in [-0.25, -0.2) is 0 Å². The quantitative estimate of drug-likeness (QED) is 0.813. The van der Waals surface area contributed by atoms with E-state index in [4.69, 9.17) is 0 Å². The zero-order valence-corrected chi connectivity index (χ0v) is 12.5. The van der Waals surface area contributed by atoms with E-state index in [1.54, 1.807) is 0 Å². The maximum atomic E-state index is 3.84. The highest BCUT2D eigenvalue weighted by molar-refractivity contribution is 4.87. The van der Waals surface area contributed by atoms with E-state index in [1.807, 2.05) is 0 Å². The van der Waals surface area contributed by atoms with Crippen molar-refractivity contribution in [2.45, 2.75) is 45.1 Å². The molecule has 3 rings (SSSR count). The van der Waals surface area contributed by atoms with Crippen LogP contribution in [0.2, 0.25) is 0 Å². The van der Waals surface area contributed by atoms with Crippen LogP contribution < -0.4 is 10.6 Å². The maximum Gasteiger partial charge on any atom is 0.0195 e. The normalized spacial score (nSPS) is 41.5. The fraction of sp³-hybridized carbons (Fsp3) is 1.00. The van der Waals surface area contributed by atoms with Crippen molar-refractivity contribution in [1.82, 2.24) is 15.5 Å². The summed E-state index contributed by atoms with van der Waals surface area (Å²) in [5, 5.41) is 7.41. The van der Waals surface area contributed by atoms with Crippen LogP contribution in [-0.2, 0) is 0 Å². The summed E-state index contributed by atoms with van der Waals surface area (Å²) < 4.78 is 0. The smallest absolute Gasteiger partial charge is 0.0195 e. The molecule has 3 aliphatic heterocycles. The lowest BCUT2D eigenvalue weighted by molar-refractivity contribution is 0.175. The molecule has 0 spiro atoms. The lowest BCUT2D eigenvalue weighted by Crippen LogP contribution is -2.48. The van der Waals surface area contributed by atoms with Crippen molar-refractivity contribution in [3.8, 4) is 0 Å². The maximum absolute atomic E-state index is 3.84. The summed E-state index contributed by atoms with van der Waals surface area (Å²) in [6.45, 7) is 10.1. The molecule has 4 atom stereocenters. The second-order valence-corrected chi connectivity index (χ2v) is 7.20. The SMILES string of the molecule is C[C@@H]1CCN(C[C@@H]2CCC([C@@H]3CCCNC3)CN2)C1. The minimum absolute atomic E-state index is 0.762. The van der Waals surface area contributed by atoms with E-state index in [9.17, 15) is 0 Å². The summed E-state index contributed by atoms with van der Waals surface area (Å²) >= 11 is 0. The van der Waals surface area contributed by atoms with Gasteiger partial charge in [0.05, 0.1) is 0 Å². The van der Waals surface area contributed by atoms with Gasteiger partial charge < -0.3 is 15.5 Å². The molecule has 3 heteroatoms. The lowest BCUT2D eigenvalue weighted by Gasteiger charge is -2.37. The third-order valence-corrected chi connectivity index (χ3v) is 5.54. The summed E-state index contributed by atoms with van der Waals surface area (Å²) in [4.78, 5) is 2.67. The number of rotatable bonds is 3. The van der Waals surface area contributed by atoms with Gasteiger partial charge in [0, 0.05) is 19.1 Å². The van der Waals surface area contributed by atoms with Crippen molar-refractivity contribution in [3.05, 3.63) is 0 Å². The van der Waals surface area contributed by atoms with Crippen LogP contribution >= 0.6 is 0 Å². The van der Waals surface area contributed by atoms with E-state index in [-0.39, 0.29) is 0 Å². The van der Waals surface area contributed by atoms with Gasteiger partial charge in [-0.05, 0) is 76.0 Å². The Morgan fingerprint density at radius 3 is 2.58 bits per heavy atom. The molecule has 0 radical (unpaired) electrons. The van der Waals surface area contributed by atoms with Crippen LogP contribution in [0.3, 0.4) is 0 Å². The van der Waals surface area contributed by atoms with Crippen molar-refractivity contribution in [2.75, 3.05) is 39.3 Å². The monoisotopic (exact) mass is 265 g/mol. The van der Waals surface area contributed by atoms with Crippen LogP contribution in [0.15, 0.2) is 0 Å². The molecule has 19 heavy (non-hydrogen) atoms. The van der Waals surface area contributed by atoms with Gasteiger partial charge in [-0.3, -0.25) is 0 Å². The van der Waals surface area contributed by atoms with E-state index < -0.39 is 0 Å². The molecule has 3 aliphatic rings. The summed E-state index contributed by atoms with van der Waals surface area (Å²) in [6, 6.07) is 0.762. The molecule has 3 nitrogen and oxygen atoms in total. The molecular formula is C16H31N3. The predicted molar refractivity (Wildman–Crippen MR) is 80.3 cm³/mol. The van der Waals surface area contributed by atoms with Crippen molar-refractivity contribution in [2.24, 2.45) is 17.8 Å². The molecule has 0 amide bonds. The van der Waals surface area contributed by atoms with Gasteiger partial charge in [0.1, 0.15) is 0 Å². The third-order valence-electron chi connectivity index (χ3n) is 5.54.